The lowest BCUT2D eigenvalue weighted by Crippen LogP contribution is -2.24. The van der Waals surface area contributed by atoms with Crippen molar-refractivity contribution >= 4 is 0 Å². The molecule has 0 heterocycles. The second kappa shape index (κ2) is 14.3. The normalized spacial score (nSPS) is 11.7. The predicted molar refractivity (Wildman–Crippen MR) is 84.9 cm³/mol. The zero-order valence-electron chi connectivity index (χ0n) is 13.8. The van der Waals surface area contributed by atoms with E-state index in [1.54, 1.807) is 0 Å². The van der Waals surface area contributed by atoms with Crippen LogP contribution in [0.2, 0.25) is 0 Å². The maximum atomic E-state index is 5.69. The van der Waals surface area contributed by atoms with Gasteiger partial charge in [-0.05, 0) is 65.0 Å². The first-order valence-corrected chi connectivity index (χ1v) is 8.30. The molecular formula is C16H36N2O. The standard InChI is InChI=1S/C16H36N2O/c1-5-17(6-2)13-9-11-15-19-16-12-10-14-18(7-3)8-4/h5-16H2,1-4H3. The summed E-state index contributed by atoms with van der Waals surface area (Å²) in [6, 6.07) is 0. The molecule has 0 rings (SSSR count). The van der Waals surface area contributed by atoms with E-state index in [4.69, 9.17) is 4.74 Å². The minimum Gasteiger partial charge on any atom is -0.381 e. The second-order valence-electron chi connectivity index (χ2n) is 5.08. The van der Waals surface area contributed by atoms with E-state index >= 15 is 0 Å². The third kappa shape index (κ3) is 11.4. The number of ether oxygens (including phenoxy) is 1. The summed E-state index contributed by atoms with van der Waals surface area (Å²) in [5.74, 6) is 0. The van der Waals surface area contributed by atoms with Gasteiger partial charge in [0.15, 0.2) is 0 Å². The Kier molecular flexibility index (Phi) is 14.2. The van der Waals surface area contributed by atoms with Crippen LogP contribution in [0.15, 0.2) is 0 Å². The minimum absolute atomic E-state index is 0.937. The Hall–Kier alpha value is -0.120. The van der Waals surface area contributed by atoms with Crippen LogP contribution >= 0.6 is 0 Å². The lowest BCUT2D eigenvalue weighted by molar-refractivity contribution is 0.121. The molecule has 0 aromatic carbocycles. The van der Waals surface area contributed by atoms with Crippen LogP contribution in [0.5, 0.6) is 0 Å². The van der Waals surface area contributed by atoms with Crippen molar-refractivity contribution in [3.05, 3.63) is 0 Å². The van der Waals surface area contributed by atoms with Crippen LogP contribution in [-0.2, 0) is 4.74 Å². The number of unbranched alkanes of at least 4 members (excludes halogenated alkanes) is 2. The van der Waals surface area contributed by atoms with E-state index in [2.05, 4.69) is 37.5 Å². The first-order valence-electron chi connectivity index (χ1n) is 8.30. The molecule has 0 saturated carbocycles. The summed E-state index contributed by atoms with van der Waals surface area (Å²) in [7, 11) is 0. The molecule has 0 N–H and O–H groups in total. The third-order valence-corrected chi connectivity index (χ3v) is 3.81. The fraction of sp³-hybridized carbons (Fsp3) is 1.00. The molecule has 0 atom stereocenters. The van der Waals surface area contributed by atoms with Crippen molar-refractivity contribution in [1.82, 2.24) is 9.80 Å². The van der Waals surface area contributed by atoms with Crippen LogP contribution in [0, 0.1) is 0 Å². The van der Waals surface area contributed by atoms with Crippen LogP contribution < -0.4 is 0 Å². The average Bonchev–Trinajstić information content (AvgIpc) is 2.45. The molecule has 0 aliphatic rings. The summed E-state index contributed by atoms with van der Waals surface area (Å²) < 4.78 is 5.69. The van der Waals surface area contributed by atoms with Gasteiger partial charge in [-0.25, -0.2) is 0 Å². The number of rotatable bonds is 14. The molecule has 0 saturated heterocycles. The molecule has 0 spiro atoms. The Balaban J connectivity index is 3.19. The van der Waals surface area contributed by atoms with Gasteiger partial charge in [0.05, 0.1) is 0 Å². The van der Waals surface area contributed by atoms with Gasteiger partial charge in [-0.2, -0.15) is 0 Å². The van der Waals surface area contributed by atoms with E-state index in [-0.39, 0.29) is 0 Å². The fourth-order valence-corrected chi connectivity index (χ4v) is 2.26. The first kappa shape index (κ1) is 18.9. The van der Waals surface area contributed by atoms with Crippen molar-refractivity contribution in [2.75, 3.05) is 52.5 Å². The number of nitrogens with zero attached hydrogens (tertiary/aromatic N) is 2. The number of hydrogen-bond acceptors (Lipinski definition) is 3. The summed E-state index contributed by atoms with van der Waals surface area (Å²) in [6.07, 6.45) is 4.93. The quantitative estimate of drug-likeness (QED) is 0.451. The molecule has 0 radical (unpaired) electrons. The van der Waals surface area contributed by atoms with Gasteiger partial charge in [0, 0.05) is 13.2 Å². The van der Waals surface area contributed by atoms with Gasteiger partial charge in [0.2, 0.25) is 0 Å². The van der Waals surface area contributed by atoms with E-state index in [9.17, 15) is 0 Å². The number of hydrogen-bond donors (Lipinski definition) is 0. The van der Waals surface area contributed by atoms with Gasteiger partial charge in [0.1, 0.15) is 0 Å². The molecule has 3 heteroatoms. The maximum absolute atomic E-state index is 5.69. The van der Waals surface area contributed by atoms with Crippen molar-refractivity contribution in [3.8, 4) is 0 Å². The topological polar surface area (TPSA) is 15.7 Å². The Morgan fingerprint density at radius 3 is 1.26 bits per heavy atom. The summed E-state index contributed by atoms with van der Waals surface area (Å²) >= 11 is 0. The van der Waals surface area contributed by atoms with Crippen LogP contribution in [0.25, 0.3) is 0 Å². The van der Waals surface area contributed by atoms with Crippen molar-refractivity contribution in [1.29, 1.82) is 0 Å². The Morgan fingerprint density at radius 2 is 0.947 bits per heavy atom. The molecule has 0 bridgehead atoms. The minimum atomic E-state index is 0.937. The molecule has 3 nitrogen and oxygen atoms in total. The maximum Gasteiger partial charge on any atom is 0.0466 e. The molecular weight excluding hydrogens is 236 g/mol. The molecule has 0 aromatic rings. The highest BCUT2D eigenvalue weighted by Gasteiger charge is 1.99. The van der Waals surface area contributed by atoms with Gasteiger partial charge < -0.3 is 14.5 Å². The van der Waals surface area contributed by atoms with E-state index in [1.807, 2.05) is 0 Å². The van der Waals surface area contributed by atoms with Gasteiger partial charge in [0.25, 0.3) is 0 Å². The van der Waals surface area contributed by atoms with Crippen LogP contribution in [0.3, 0.4) is 0 Å². The zero-order chi connectivity index (χ0) is 14.3. The molecule has 0 aliphatic carbocycles. The molecule has 0 aromatic heterocycles. The summed E-state index contributed by atoms with van der Waals surface area (Å²) in [4.78, 5) is 4.95. The summed E-state index contributed by atoms with van der Waals surface area (Å²) in [6.45, 7) is 17.9. The van der Waals surface area contributed by atoms with E-state index in [0.29, 0.717) is 0 Å². The van der Waals surface area contributed by atoms with Crippen LogP contribution in [0.1, 0.15) is 53.4 Å². The highest BCUT2D eigenvalue weighted by molar-refractivity contribution is 4.53. The molecule has 0 amide bonds. The monoisotopic (exact) mass is 272 g/mol. The van der Waals surface area contributed by atoms with Crippen molar-refractivity contribution in [3.63, 3.8) is 0 Å². The average molecular weight is 272 g/mol. The molecule has 116 valence electrons. The Labute approximate surface area is 121 Å². The molecule has 0 aliphatic heterocycles. The molecule has 19 heavy (non-hydrogen) atoms. The van der Waals surface area contributed by atoms with Crippen LogP contribution in [-0.4, -0.2) is 62.3 Å². The predicted octanol–water partition coefficient (Wildman–Crippen LogP) is 3.25. The third-order valence-electron chi connectivity index (χ3n) is 3.81. The summed E-state index contributed by atoms with van der Waals surface area (Å²) in [5, 5.41) is 0. The SMILES string of the molecule is CCN(CC)CCCCOCCCCN(CC)CC. The lowest BCUT2D eigenvalue weighted by Gasteiger charge is -2.18. The van der Waals surface area contributed by atoms with Gasteiger partial charge >= 0.3 is 0 Å². The summed E-state index contributed by atoms with van der Waals surface area (Å²) in [5.41, 5.74) is 0. The van der Waals surface area contributed by atoms with E-state index < -0.39 is 0 Å². The second-order valence-corrected chi connectivity index (χ2v) is 5.08. The largest absolute Gasteiger partial charge is 0.381 e. The fourth-order valence-electron chi connectivity index (χ4n) is 2.26. The van der Waals surface area contributed by atoms with Gasteiger partial charge in [-0.1, -0.05) is 27.7 Å². The van der Waals surface area contributed by atoms with Crippen LogP contribution in [0.4, 0.5) is 0 Å². The highest BCUT2D eigenvalue weighted by atomic mass is 16.5. The lowest BCUT2D eigenvalue weighted by atomic mass is 10.3. The van der Waals surface area contributed by atoms with Gasteiger partial charge in [-0.15, -0.1) is 0 Å². The Bertz CT molecular complexity index is 150. The first-order chi connectivity index (χ1) is 9.28. The molecule has 0 unspecified atom stereocenters. The van der Waals surface area contributed by atoms with Crippen molar-refractivity contribution < 1.29 is 4.74 Å². The molecule has 0 fully saturated rings. The van der Waals surface area contributed by atoms with E-state index in [0.717, 1.165) is 13.2 Å². The smallest absolute Gasteiger partial charge is 0.0466 e. The highest BCUT2D eigenvalue weighted by Crippen LogP contribution is 1.98. The van der Waals surface area contributed by atoms with Gasteiger partial charge in [-0.3, -0.25) is 0 Å². The zero-order valence-corrected chi connectivity index (χ0v) is 13.8. The van der Waals surface area contributed by atoms with Crippen molar-refractivity contribution in [2.45, 2.75) is 53.4 Å². The van der Waals surface area contributed by atoms with E-state index in [1.165, 1.54) is 65.0 Å². The Morgan fingerprint density at radius 1 is 0.579 bits per heavy atom. The van der Waals surface area contributed by atoms with Crippen molar-refractivity contribution in [2.24, 2.45) is 0 Å².